The van der Waals surface area contributed by atoms with E-state index in [0.717, 1.165) is 23.5 Å². The van der Waals surface area contributed by atoms with Crippen LogP contribution < -0.4 is 0 Å². The lowest BCUT2D eigenvalue weighted by atomic mass is 10.0. The van der Waals surface area contributed by atoms with E-state index in [0.29, 0.717) is 5.56 Å². The molecule has 100 valence electrons. The van der Waals surface area contributed by atoms with Crippen molar-refractivity contribution < 1.29 is 18.0 Å². The van der Waals surface area contributed by atoms with Crippen LogP contribution in [-0.4, -0.2) is 5.78 Å². The number of alkyl halides is 3. The summed E-state index contributed by atoms with van der Waals surface area (Å²) in [6, 6.07) is 4.70. The lowest BCUT2D eigenvalue weighted by Gasteiger charge is -2.11. The van der Waals surface area contributed by atoms with Crippen molar-refractivity contribution in [1.82, 2.24) is 0 Å². The predicted molar refractivity (Wildman–Crippen MR) is 68.9 cm³/mol. The average molecular weight is 305 g/mol. The number of benzene rings is 1. The van der Waals surface area contributed by atoms with Crippen LogP contribution in [0.2, 0.25) is 5.02 Å². The van der Waals surface area contributed by atoms with Crippen LogP contribution in [-0.2, 0) is 6.18 Å². The van der Waals surface area contributed by atoms with Crippen LogP contribution in [0.5, 0.6) is 0 Å². The molecule has 1 aromatic carbocycles. The van der Waals surface area contributed by atoms with Gasteiger partial charge in [0.05, 0.1) is 15.5 Å². The second kappa shape index (κ2) is 4.98. The summed E-state index contributed by atoms with van der Waals surface area (Å²) in [6.07, 6.45) is -4.56. The zero-order valence-electron chi connectivity index (χ0n) is 9.72. The Kier molecular flexibility index (Phi) is 3.69. The summed E-state index contributed by atoms with van der Waals surface area (Å²) in [5.74, 6) is -0.698. The van der Waals surface area contributed by atoms with E-state index in [1.165, 1.54) is 12.1 Å². The number of hydrogen-bond acceptors (Lipinski definition) is 2. The average Bonchev–Trinajstić information content (AvgIpc) is 2.68. The van der Waals surface area contributed by atoms with Crippen LogP contribution in [0.1, 0.15) is 26.4 Å². The van der Waals surface area contributed by atoms with Gasteiger partial charge in [0.25, 0.3) is 0 Å². The molecule has 0 unspecified atom stereocenters. The van der Waals surface area contributed by atoms with Crippen molar-refractivity contribution >= 4 is 28.7 Å². The Bertz CT molecular complexity index is 631. The molecular formula is C13H8ClF3OS. The molecule has 0 radical (unpaired) electrons. The van der Waals surface area contributed by atoms with Gasteiger partial charge < -0.3 is 0 Å². The molecule has 1 heterocycles. The Morgan fingerprint density at radius 3 is 2.42 bits per heavy atom. The van der Waals surface area contributed by atoms with Crippen LogP contribution in [0.15, 0.2) is 29.6 Å². The third kappa shape index (κ3) is 2.67. The minimum Gasteiger partial charge on any atom is -0.288 e. The van der Waals surface area contributed by atoms with Crippen molar-refractivity contribution in [2.45, 2.75) is 13.1 Å². The molecule has 2 rings (SSSR count). The molecule has 0 atom stereocenters. The maximum atomic E-state index is 12.8. The number of thiophene rings is 1. The van der Waals surface area contributed by atoms with Crippen LogP contribution in [0.3, 0.4) is 0 Å². The highest BCUT2D eigenvalue weighted by Gasteiger charge is 2.35. The Labute approximate surface area is 116 Å². The minimum atomic E-state index is -4.56. The lowest BCUT2D eigenvalue weighted by molar-refractivity contribution is -0.137. The van der Waals surface area contributed by atoms with Crippen molar-refractivity contribution in [3.8, 4) is 0 Å². The van der Waals surface area contributed by atoms with Gasteiger partial charge >= 0.3 is 6.18 Å². The molecule has 0 saturated heterocycles. The number of rotatable bonds is 2. The SMILES string of the molecule is Cc1csc(C(=O)c2ccccc2C(F)(F)F)c1Cl. The van der Waals surface area contributed by atoms with Crippen LogP contribution >= 0.6 is 22.9 Å². The van der Waals surface area contributed by atoms with Gasteiger partial charge in [-0.1, -0.05) is 29.8 Å². The van der Waals surface area contributed by atoms with Gasteiger partial charge in [-0.15, -0.1) is 11.3 Å². The van der Waals surface area contributed by atoms with Gasteiger partial charge in [0.2, 0.25) is 5.78 Å². The number of hydrogen-bond donors (Lipinski definition) is 0. The summed E-state index contributed by atoms with van der Waals surface area (Å²) in [6.45, 7) is 1.70. The number of ketones is 1. The molecule has 0 spiro atoms. The third-order valence-electron chi connectivity index (χ3n) is 2.58. The summed E-state index contributed by atoms with van der Waals surface area (Å²) in [7, 11) is 0. The van der Waals surface area contributed by atoms with Gasteiger partial charge in [-0.25, -0.2) is 0 Å². The minimum absolute atomic E-state index is 0.135. The highest BCUT2D eigenvalue weighted by molar-refractivity contribution is 7.13. The van der Waals surface area contributed by atoms with E-state index in [9.17, 15) is 18.0 Å². The molecule has 1 aromatic heterocycles. The van der Waals surface area contributed by atoms with E-state index in [-0.39, 0.29) is 15.5 Å². The first-order valence-electron chi connectivity index (χ1n) is 5.27. The lowest BCUT2D eigenvalue weighted by Crippen LogP contribution is -2.13. The molecule has 6 heteroatoms. The topological polar surface area (TPSA) is 17.1 Å². The number of carbonyl (C=O) groups is 1. The highest BCUT2D eigenvalue weighted by Crippen LogP contribution is 2.35. The molecular weight excluding hydrogens is 297 g/mol. The molecule has 0 amide bonds. The Balaban J connectivity index is 2.54. The van der Waals surface area contributed by atoms with Gasteiger partial charge in [-0.3, -0.25) is 4.79 Å². The Morgan fingerprint density at radius 2 is 1.89 bits per heavy atom. The fourth-order valence-corrected chi connectivity index (χ4v) is 2.87. The van der Waals surface area contributed by atoms with Crippen molar-refractivity contribution in [2.75, 3.05) is 0 Å². The van der Waals surface area contributed by atoms with Gasteiger partial charge in [-0.05, 0) is 23.9 Å². The normalized spacial score (nSPS) is 11.6. The summed E-state index contributed by atoms with van der Waals surface area (Å²) >= 11 is 6.98. The maximum absolute atomic E-state index is 12.8. The van der Waals surface area contributed by atoms with E-state index in [2.05, 4.69) is 0 Å². The van der Waals surface area contributed by atoms with Gasteiger partial charge in [0, 0.05) is 5.56 Å². The monoisotopic (exact) mass is 304 g/mol. The second-order valence-electron chi connectivity index (χ2n) is 3.93. The summed E-state index contributed by atoms with van der Waals surface area (Å²) < 4.78 is 38.5. The van der Waals surface area contributed by atoms with Crippen molar-refractivity contribution in [3.63, 3.8) is 0 Å². The van der Waals surface area contributed by atoms with E-state index in [1.807, 2.05) is 0 Å². The van der Waals surface area contributed by atoms with Crippen LogP contribution in [0, 0.1) is 6.92 Å². The molecule has 1 nitrogen and oxygen atoms in total. The van der Waals surface area contributed by atoms with E-state index >= 15 is 0 Å². The number of carbonyl (C=O) groups excluding carboxylic acids is 1. The van der Waals surface area contributed by atoms with Gasteiger partial charge in [-0.2, -0.15) is 13.2 Å². The zero-order valence-corrected chi connectivity index (χ0v) is 11.3. The number of aryl methyl sites for hydroxylation is 1. The standard InChI is InChI=1S/C13H8ClF3OS/c1-7-6-19-12(10(7)14)11(18)8-4-2-3-5-9(8)13(15,16)17/h2-6H,1H3. The number of halogens is 4. The van der Waals surface area contributed by atoms with Crippen molar-refractivity contribution in [1.29, 1.82) is 0 Å². The van der Waals surface area contributed by atoms with Crippen molar-refractivity contribution in [3.05, 3.63) is 56.2 Å². The van der Waals surface area contributed by atoms with E-state index < -0.39 is 17.5 Å². The first kappa shape index (κ1) is 14.1. The molecule has 0 aliphatic heterocycles. The third-order valence-corrected chi connectivity index (χ3v) is 4.28. The molecule has 19 heavy (non-hydrogen) atoms. The second-order valence-corrected chi connectivity index (χ2v) is 5.19. The fourth-order valence-electron chi connectivity index (χ4n) is 1.63. The quantitative estimate of drug-likeness (QED) is 0.717. The summed E-state index contributed by atoms with van der Waals surface area (Å²) in [5, 5.41) is 1.86. The van der Waals surface area contributed by atoms with Crippen LogP contribution in [0.25, 0.3) is 0 Å². The predicted octanol–water partition coefficient (Wildman–Crippen LogP) is 4.96. The maximum Gasteiger partial charge on any atom is 0.417 e. The highest BCUT2D eigenvalue weighted by atomic mass is 35.5. The molecule has 0 aliphatic rings. The molecule has 0 bridgehead atoms. The summed E-state index contributed by atoms with van der Waals surface area (Å²) in [5.41, 5.74) is -0.639. The zero-order chi connectivity index (χ0) is 14.2. The molecule has 0 N–H and O–H groups in total. The first-order chi connectivity index (χ1) is 8.82. The molecule has 0 fully saturated rings. The molecule has 2 aromatic rings. The van der Waals surface area contributed by atoms with Crippen molar-refractivity contribution in [2.24, 2.45) is 0 Å². The Morgan fingerprint density at radius 1 is 1.26 bits per heavy atom. The smallest absolute Gasteiger partial charge is 0.288 e. The van der Waals surface area contributed by atoms with E-state index in [4.69, 9.17) is 11.6 Å². The molecule has 0 saturated carbocycles. The first-order valence-corrected chi connectivity index (χ1v) is 6.52. The van der Waals surface area contributed by atoms with Gasteiger partial charge in [0.1, 0.15) is 0 Å². The Hall–Kier alpha value is -1.33. The van der Waals surface area contributed by atoms with E-state index in [1.54, 1.807) is 12.3 Å². The summed E-state index contributed by atoms with van der Waals surface area (Å²) in [4.78, 5) is 12.3. The molecule has 0 aliphatic carbocycles. The van der Waals surface area contributed by atoms with Gasteiger partial charge in [0.15, 0.2) is 0 Å². The van der Waals surface area contributed by atoms with Crippen LogP contribution in [0.4, 0.5) is 13.2 Å². The fraction of sp³-hybridized carbons (Fsp3) is 0.154. The largest absolute Gasteiger partial charge is 0.417 e.